The lowest BCUT2D eigenvalue weighted by atomic mass is 10.2. The fourth-order valence-corrected chi connectivity index (χ4v) is 1.60. The molecule has 0 saturated carbocycles. The van der Waals surface area contributed by atoms with Crippen molar-refractivity contribution < 1.29 is 4.74 Å². The fraction of sp³-hybridized carbons (Fsp3) is 0.273. The Hall–Kier alpha value is -1.68. The van der Waals surface area contributed by atoms with Gasteiger partial charge in [0, 0.05) is 18.5 Å². The van der Waals surface area contributed by atoms with E-state index in [0.29, 0.717) is 0 Å². The Kier molecular flexibility index (Phi) is 1.99. The first kappa shape index (κ1) is 8.61. The minimum atomic E-state index is 0.276. The van der Waals surface area contributed by atoms with E-state index in [0.717, 1.165) is 29.7 Å². The van der Waals surface area contributed by atoms with Gasteiger partial charge in [-0.3, -0.25) is 0 Å². The third kappa shape index (κ3) is 1.53. The van der Waals surface area contributed by atoms with Crippen molar-refractivity contribution in [1.82, 2.24) is 15.5 Å². The van der Waals surface area contributed by atoms with Crippen LogP contribution in [0, 0.1) is 0 Å². The predicted octanol–water partition coefficient (Wildman–Crippen LogP) is 0.980. The number of nitrogens with zero attached hydrogens (tertiary/aromatic N) is 2. The summed E-state index contributed by atoms with van der Waals surface area (Å²) in [5.74, 6) is 0.826. The number of ether oxygens (including phenoxy) is 1. The van der Waals surface area contributed by atoms with Gasteiger partial charge in [0.25, 0.3) is 0 Å². The van der Waals surface area contributed by atoms with E-state index in [-0.39, 0.29) is 6.10 Å². The van der Waals surface area contributed by atoms with Crippen LogP contribution in [-0.4, -0.2) is 29.4 Å². The van der Waals surface area contributed by atoms with E-state index in [4.69, 9.17) is 4.74 Å². The van der Waals surface area contributed by atoms with Crippen molar-refractivity contribution in [3.8, 4) is 5.75 Å². The van der Waals surface area contributed by atoms with Crippen LogP contribution in [0.1, 0.15) is 0 Å². The van der Waals surface area contributed by atoms with Crippen LogP contribution >= 0.6 is 0 Å². The van der Waals surface area contributed by atoms with Gasteiger partial charge in [0.1, 0.15) is 11.9 Å². The monoisotopic (exact) mass is 201 g/mol. The van der Waals surface area contributed by atoms with Gasteiger partial charge in [-0.1, -0.05) is 12.1 Å². The average molecular weight is 201 g/mol. The maximum atomic E-state index is 5.80. The first-order chi connectivity index (χ1) is 7.43. The summed E-state index contributed by atoms with van der Waals surface area (Å²) in [6.45, 7) is 1.83. The maximum Gasteiger partial charge on any atom is 0.149 e. The zero-order valence-corrected chi connectivity index (χ0v) is 8.18. The summed E-state index contributed by atoms with van der Waals surface area (Å²) in [6.07, 6.45) is 1.96. The summed E-state index contributed by atoms with van der Waals surface area (Å²) in [5, 5.41) is 12.2. The summed E-state index contributed by atoms with van der Waals surface area (Å²) in [5.41, 5.74) is 0.877. The standard InChI is InChI=1S/C11H11N3O/c1-2-4-10-9(3-1)11(7-13-14-10)15-8-5-12-6-8/h1-4,7-8,12H,5-6H2. The molecule has 0 bridgehead atoms. The first-order valence-corrected chi connectivity index (χ1v) is 5.01. The Bertz CT molecular complexity index is 477. The van der Waals surface area contributed by atoms with Gasteiger partial charge < -0.3 is 10.1 Å². The number of benzene rings is 1. The van der Waals surface area contributed by atoms with Gasteiger partial charge in [0.2, 0.25) is 0 Å². The van der Waals surface area contributed by atoms with Crippen molar-refractivity contribution in [1.29, 1.82) is 0 Å². The lowest BCUT2D eigenvalue weighted by Crippen LogP contribution is -2.50. The molecule has 0 unspecified atom stereocenters. The molecule has 15 heavy (non-hydrogen) atoms. The predicted molar refractivity (Wildman–Crippen MR) is 56.8 cm³/mol. The second kappa shape index (κ2) is 3.47. The highest BCUT2D eigenvalue weighted by Gasteiger charge is 2.19. The molecule has 1 aromatic heterocycles. The van der Waals surface area contributed by atoms with E-state index in [1.165, 1.54) is 0 Å². The molecule has 1 aromatic carbocycles. The maximum absolute atomic E-state index is 5.80. The van der Waals surface area contributed by atoms with Crippen molar-refractivity contribution in [2.24, 2.45) is 0 Å². The van der Waals surface area contributed by atoms with Gasteiger partial charge in [0.05, 0.1) is 11.7 Å². The van der Waals surface area contributed by atoms with Crippen LogP contribution in [0.15, 0.2) is 30.5 Å². The molecular formula is C11H11N3O. The minimum Gasteiger partial charge on any atom is -0.485 e. The van der Waals surface area contributed by atoms with Gasteiger partial charge in [-0.05, 0) is 12.1 Å². The Morgan fingerprint density at radius 1 is 1.27 bits per heavy atom. The molecule has 0 amide bonds. The summed E-state index contributed by atoms with van der Waals surface area (Å²) in [6, 6.07) is 7.88. The lowest BCUT2D eigenvalue weighted by molar-refractivity contribution is 0.143. The Morgan fingerprint density at radius 3 is 2.93 bits per heavy atom. The van der Waals surface area contributed by atoms with Crippen molar-refractivity contribution in [2.75, 3.05) is 13.1 Å². The van der Waals surface area contributed by atoms with Gasteiger partial charge in [-0.15, -0.1) is 0 Å². The second-order valence-electron chi connectivity index (χ2n) is 3.62. The molecule has 1 aliphatic heterocycles. The van der Waals surface area contributed by atoms with Crippen LogP contribution in [0.25, 0.3) is 10.9 Å². The molecule has 2 heterocycles. The summed E-state index contributed by atoms with van der Waals surface area (Å²) >= 11 is 0. The molecule has 1 N–H and O–H groups in total. The Labute approximate surface area is 87.3 Å². The van der Waals surface area contributed by atoms with Crippen molar-refractivity contribution in [2.45, 2.75) is 6.10 Å². The van der Waals surface area contributed by atoms with E-state index in [1.807, 2.05) is 24.3 Å². The van der Waals surface area contributed by atoms with Crippen LogP contribution in [0.5, 0.6) is 5.75 Å². The van der Waals surface area contributed by atoms with Gasteiger partial charge in [-0.2, -0.15) is 10.2 Å². The Morgan fingerprint density at radius 2 is 2.13 bits per heavy atom. The van der Waals surface area contributed by atoms with Crippen LogP contribution in [0.2, 0.25) is 0 Å². The number of aromatic nitrogens is 2. The van der Waals surface area contributed by atoms with Crippen LogP contribution in [0.3, 0.4) is 0 Å². The van der Waals surface area contributed by atoms with Gasteiger partial charge >= 0.3 is 0 Å². The van der Waals surface area contributed by atoms with Gasteiger partial charge in [0.15, 0.2) is 0 Å². The summed E-state index contributed by atoms with van der Waals surface area (Å²) in [4.78, 5) is 0. The molecule has 1 saturated heterocycles. The van der Waals surface area contributed by atoms with E-state index in [2.05, 4.69) is 15.5 Å². The van der Waals surface area contributed by atoms with Gasteiger partial charge in [-0.25, -0.2) is 0 Å². The molecule has 4 nitrogen and oxygen atoms in total. The molecule has 0 aliphatic carbocycles. The lowest BCUT2D eigenvalue weighted by Gasteiger charge is -2.27. The fourth-order valence-electron chi connectivity index (χ4n) is 1.60. The zero-order valence-electron chi connectivity index (χ0n) is 8.18. The molecule has 1 aliphatic rings. The zero-order chi connectivity index (χ0) is 10.1. The quantitative estimate of drug-likeness (QED) is 0.786. The van der Waals surface area contributed by atoms with E-state index in [1.54, 1.807) is 6.20 Å². The van der Waals surface area contributed by atoms with E-state index in [9.17, 15) is 0 Å². The topological polar surface area (TPSA) is 47.0 Å². The molecule has 2 aromatic rings. The number of hydrogen-bond donors (Lipinski definition) is 1. The molecule has 0 spiro atoms. The third-order valence-electron chi connectivity index (χ3n) is 2.55. The van der Waals surface area contributed by atoms with Crippen molar-refractivity contribution >= 4 is 10.9 Å². The third-order valence-corrected chi connectivity index (χ3v) is 2.55. The molecular weight excluding hydrogens is 190 g/mol. The first-order valence-electron chi connectivity index (χ1n) is 5.01. The molecule has 3 rings (SSSR count). The van der Waals surface area contributed by atoms with Crippen molar-refractivity contribution in [3.63, 3.8) is 0 Å². The molecule has 0 radical (unpaired) electrons. The molecule has 4 heteroatoms. The highest BCUT2D eigenvalue weighted by Crippen LogP contribution is 2.23. The normalized spacial score (nSPS) is 16.3. The summed E-state index contributed by atoms with van der Waals surface area (Å²) < 4.78 is 5.80. The van der Waals surface area contributed by atoms with Crippen LogP contribution in [0.4, 0.5) is 0 Å². The van der Waals surface area contributed by atoms with Crippen molar-refractivity contribution in [3.05, 3.63) is 30.5 Å². The van der Waals surface area contributed by atoms with Crippen LogP contribution < -0.4 is 10.1 Å². The number of nitrogens with one attached hydrogen (secondary N) is 1. The summed E-state index contributed by atoms with van der Waals surface area (Å²) in [7, 11) is 0. The highest BCUT2D eigenvalue weighted by atomic mass is 16.5. The highest BCUT2D eigenvalue weighted by molar-refractivity contribution is 5.83. The minimum absolute atomic E-state index is 0.276. The Balaban J connectivity index is 2.01. The smallest absolute Gasteiger partial charge is 0.149 e. The number of rotatable bonds is 2. The second-order valence-corrected chi connectivity index (χ2v) is 3.62. The molecule has 1 fully saturated rings. The number of fused-ring (bicyclic) bond motifs is 1. The van der Waals surface area contributed by atoms with Crippen LogP contribution in [-0.2, 0) is 0 Å². The largest absolute Gasteiger partial charge is 0.485 e. The number of hydrogen-bond acceptors (Lipinski definition) is 4. The molecule has 76 valence electrons. The van der Waals surface area contributed by atoms with E-state index < -0.39 is 0 Å². The SMILES string of the molecule is c1ccc2c(OC3CNC3)cnnc2c1. The molecule has 0 atom stereocenters. The average Bonchev–Trinajstić information content (AvgIpc) is 2.23. The van der Waals surface area contributed by atoms with E-state index >= 15 is 0 Å².